The van der Waals surface area contributed by atoms with Crippen molar-refractivity contribution in [3.05, 3.63) is 0 Å². The highest BCUT2D eigenvalue weighted by Crippen LogP contribution is 2.19. The Morgan fingerprint density at radius 2 is 0.593 bits per heavy atom. The van der Waals surface area contributed by atoms with E-state index in [2.05, 4.69) is 27.7 Å². The third kappa shape index (κ3) is 19.8. The Kier molecular flexibility index (Phi) is 29.7. The van der Waals surface area contributed by atoms with Gasteiger partial charge in [-0.1, -0.05) is 79.1 Å². The van der Waals surface area contributed by atoms with Gasteiger partial charge in [0.1, 0.15) is 0 Å². The number of halogens is 2. The van der Waals surface area contributed by atoms with Crippen LogP contribution in [0.2, 0.25) is 0 Å². The molecule has 0 atom stereocenters. The number of nitrogens with zero attached hydrogens (tertiary/aromatic N) is 1. The first-order chi connectivity index (χ1) is 12.2. The predicted molar refractivity (Wildman–Crippen MR) is 134 cm³/mol. The summed E-state index contributed by atoms with van der Waals surface area (Å²) in [4.78, 5) is 0. The van der Waals surface area contributed by atoms with Crippen molar-refractivity contribution in [3.8, 4) is 0 Å². The Labute approximate surface area is 190 Å². The molecule has 0 heterocycles. The lowest BCUT2D eigenvalue weighted by molar-refractivity contribution is -0.929. The van der Waals surface area contributed by atoms with Crippen molar-refractivity contribution in [2.24, 2.45) is 0 Å². The molecule has 27 heavy (non-hydrogen) atoms. The third-order valence-corrected chi connectivity index (χ3v) is 5.94. The maximum Gasteiger partial charge on any atom is 0.0786 e. The molecule has 0 rings (SSSR count). The first-order valence-electron chi connectivity index (χ1n) is 12.1. The Hall–Kier alpha value is 0.730. The summed E-state index contributed by atoms with van der Waals surface area (Å²) in [5.74, 6) is 0. The summed E-state index contributed by atoms with van der Waals surface area (Å²) in [7, 11) is 0. The van der Waals surface area contributed by atoms with E-state index in [1.165, 1.54) is 133 Å². The molecule has 3 heteroatoms. The first kappa shape index (κ1) is 32.4. The molecule has 0 amide bonds. The normalized spacial score (nSPS) is 11.1. The van der Waals surface area contributed by atoms with Crippen LogP contribution in [-0.2, 0) is 0 Å². The summed E-state index contributed by atoms with van der Waals surface area (Å²) in [6.45, 7) is 15.2. The van der Waals surface area contributed by atoms with Gasteiger partial charge in [0.2, 0.25) is 0 Å². The second-order valence-electron chi connectivity index (χ2n) is 8.48. The maximum absolute atomic E-state index is 2.34. The topological polar surface area (TPSA) is 0 Å². The smallest absolute Gasteiger partial charge is 0.0786 e. The van der Waals surface area contributed by atoms with Gasteiger partial charge >= 0.3 is 0 Å². The molecule has 0 radical (unpaired) electrons. The van der Waals surface area contributed by atoms with Gasteiger partial charge < -0.3 is 4.48 Å². The molecule has 0 saturated heterocycles. The summed E-state index contributed by atoms with van der Waals surface area (Å²) < 4.78 is 1.46. The molecule has 0 aromatic rings. The molecule has 0 aliphatic rings. The van der Waals surface area contributed by atoms with Crippen LogP contribution in [0.3, 0.4) is 0 Å². The second-order valence-corrected chi connectivity index (χ2v) is 8.48. The van der Waals surface area contributed by atoms with Crippen LogP contribution >= 0.6 is 29.4 Å². The first-order valence-corrected chi connectivity index (χ1v) is 12.1. The Bertz CT molecular complexity index is 207. The molecule has 0 unspecified atom stereocenters. The van der Waals surface area contributed by atoms with Crippen LogP contribution in [-0.4, -0.2) is 30.7 Å². The molecular formula is C24H54BrClN+. The zero-order chi connectivity index (χ0) is 18.6. The number of quaternary nitrogens is 1. The SMILES string of the molecule is Br.CCCCCC[N+](CCCCCC)(CCCCCC)CCCCCC.Cl. The lowest BCUT2D eigenvalue weighted by atomic mass is 10.1. The Morgan fingerprint density at radius 1 is 0.370 bits per heavy atom. The van der Waals surface area contributed by atoms with Gasteiger partial charge in [-0.25, -0.2) is 0 Å². The van der Waals surface area contributed by atoms with Crippen LogP contribution in [0.25, 0.3) is 0 Å². The van der Waals surface area contributed by atoms with E-state index in [0.29, 0.717) is 0 Å². The molecule has 0 N–H and O–H groups in total. The molecule has 0 fully saturated rings. The molecule has 0 aromatic heterocycles. The fourth-order valence-electron chi connectivity index (χ4n) is 4.17. The van der Waals surface area contributed by atoms with E-state index in [1.54, 1.807) is 0 Å². The minimum atomic E-state index is 0. The minimum Gasteiger partial charge on any atom is -0.324 e. The molecule has 1 nitrogen and oxygen atoms in total. The van der Waals surface area contributed by atoms with Gasteiger partial charge in [0.15, 0.2) is 0 Å². The Balaban J connectivity index is -0.00000288. The number of hydrogen-bond acceptors (Lipinski definition) is 0. The van der Waals surface area contributed by atoms with Crippen LogP contribution in [0.15, 0.2) is 0 Å². The van der Waals surface area contributed by atoms with Crippen molar-refractivity contribution in [2.75, 3.05) is 26.2 Å². The van der Waals surface area contributed by atoms with Crippen molar-refractivity contribution in [1.82, 2.24) is 0 Å². The highest BCUT2D eigenvalue weighted by molar-refractivity contribution is 8.93. The molecule has 0 bridgehead atoms. The molecule has 168 valence electrons. The van der Waals surface area contributed by atoms with E-state index in [-0.39, 0.29) is 29.4 Å². The number of unbranched alkanes of at least 4 members (excludes halogenated alkanes) is 12. The lowest BCUT2D eigenvalue weighted by Crippen LogP contribution is -2.50. The van der Waals surface area contributed by atoms with Gasteiger partial charge in [-0.3, -0.25) is 0 Å². The van der Waals surface area contributed by atoms with Crippen molar-refractivity contribution in [1.29, 1.82) is 0 Å². The fourth-order valence-corrected chi connectivity index (χ4v) is 4.17. The van der Waals surface area contributed by atoms with Gasteiger partial charge in [-0.05, 0) is 51.4 Å². The van der Waals surface area contributed by atoms with Gasteiger partial charge in [-0.15, -0.1) is 29.4 Å². The summed E-state index contributed by atoms with van der Waals surface area (Å²) in [6.07, 6.45) is 22.8. The van der Waals surface area contributed by atoms with Crippen molar-refractivity contribution < 1.29 is 4.48 Å². The molecule has 0 aliphatic heterocycles. The number of rotatable bonds is 20. The van der Waals surface area contributed by atoms with Gasteiger partial charge in [0.25, 0.3) is 0 Å². The lowest BCUT2D eigenvalue weighted by Gasteiger charge is -2.39. The minimum absolute atomic E-state index is 0. The van der Waals surface area contributed by atoms with Crippen LogP contribution in [0, 0.1) is 0 Å². The average molecular weight is 472 g/mol. The highest BCUT2D eigenvalue weighted by atomic mass is 79.9. The average Bonchev–Trinajstić information content (AvgIpc) is 2.63. The molecule has 0 aliphatic carbocycles. The monoisotopic (exact) mass is 470 g/mol. The zero-order valence-corrected chi connectivity index (χ0v) is 21.9. The molecular weight excluding hydrogens is 418 g/mol. The van der Waals surface area contributed by atoms with Crippen LogP contribution < -0.4 is 0 Å². The van der Waals surface area contributed by atoms with E-state index in [4.69, 9.17) is 0 Å². The van der Waals surface area contributed by atoms with Crippen LogP contribution in [0.4, 0.5) is 0 Å². The Morgan fingerprint density at radius 3 is 0.778 bits per heavy atom. The highest BCUT2D eigenvalue weighted by Gasteiger charge is 2.25. The van der Waals surface area contributed by atoms with Crippen LogP contribution in [0.1, 0.15) is 130 Å². The maximum atomic E-state index is 2.34. The third-order valence-electron chi connectivity index (χ3n) is 5.94. The fraction of sp³-hybridized carbons (Fsp3) is 1.00. The van der Waals surface area contributed by atoms with Crippen molar-refractivity contribution >= 4 is 29.4 Å². The molecule has 0 saturated carbocycles. The molecule has 0 spiro atoms. The van der Waals surface area contributed by atoms with Crippen LogP contribution in [0.5, 0.6) is 0 Å². The second kappa shape index (κ2) is 24.8. The summed E-state index contributed by atoms with van der Waals surface area (Å²) >= 11 is 0. The van der Waals surface area contributed by atoms with E-state index < -0.39 is 0 Å². The van der Waals surface area contributed by atoms with Gasteiger partial charge in [0, 0.05) is 0 Å². The van der Waals surface area contributed by atoms with Gasteiger partial charge in [-0.2, -0.15) is 0 Å². The van der Waals surface area contributed by atoms with E-state index >= 15 is 0 Å². The largest absolute Gasteiger partial charge is 0.324 e. The zero-order valence-electron chi connectivity index (χ0n) is 19.4. The summed E-state index contributed by atoms with van der Waals surface area (Å²) in [6, 6.07) is 0. The quantitative estimate of drug-likeness (QED) is 0.123. The van der Waals surface area contributed by atoms with E-state index in [0.717, 1.165) is 0 Å². The standard InChI is InChI=1S/C24H52N.BrH.ClH/c1-5-9-13-17-21-25(22-18-14-10-6-2,23-19-15-11-7-3)24-20-16-12-8-4;;/h5-24H2,1-4H3;2*1H/q+1;;. The van der Waals surface area contributed by atoms with E-state index in [9.17, 15) is 0 Å². The van der Waals surface area contributed by atoms with E-state index in [1.807, 2.05) is 0 Å². The van der Waals surface area contributed by atoms with Crippen molar-refractivity contribution in [3.63, 3.8) is 0 Å². The summed E-state index contributed by atoms with van der Waals surface area (Å²) in [5.41, 5.74) is 0. The van der Waals surface area contributed by atoms with Gasteiger partial charge in [0.05, 0.1) is 26.2 Å². The summed E-state index contributed by atoms with van der Waals surface area (Å²) in [5, 5.41) is 0. The molecule has 0 aromatic carbocycles. The predicted octanol–water partition coefficient (Wildman–Crippen LogP) is 9.12. The number of hydrogen-bond donors (Lipinski definition) is 0. The van der Waals surface area contributed by atoms with Crippen molar-refractivity contribution in [2.45, 2.75) is 130 Å².